The zero-order valence-electron chi connectivity index (χ0n) is 5.41. The summed E-state index contributed by atoms with van der Waals surface area (Å²) >= 11 is 0. The largest absolute Gasteiger partial charge is 0.567 e. The van der Waals surface area contributed by atoms with Crippen molar-refractivity contribution in [2.24, 2.45) is 0 Å². The number of carbonyl (C=O) groups is 1. The lowest BCUT2D eigenvalue weighted by Crippen LogP contribution is -2.07. The van der Waals surface area contributed by atoms with Gasteiger partial charge in [-0.2, -0.15) is 0 Å². The van der Waals surface area contributed by atoms with Gasteiger partial charge in [0, 0.05) is 12.2 Å². The number of allylic oxidation sites excluding steroid dienone is 3. The standard InChI is InChI=1S/C7H6BO2/c9-6-1-2-7-5(3-6)4-10-8-7/h1-2,4,7H,3H2. The van der Waals surface area contributed by atoms with Crippen LogP contribution in [0.1, 0.15) is 6.42 Å². The number of carbonyl (C=O) groups excluding carboxylic acids is 1. The molecule has 0 aromatic heterocycles. The fourth-order valence-electron chi connectivity index (χ4n) is 1.18. The SMILES string of the molecule is O=C1C=CC2[B]OC=C2C1. The second-order valence-corrected chi connectivity index (χ2v) is 2.49. The minimum atomic E-state index is 0.168. The first-order valence-corrected chi connectivity index (χ1v) is 3.25. The molecule has 49 valence electrons. The Morgan fingerprint density at radius 1 is 1.70 bits per heavy atom. The van der Waals surface area contributed by atoms with Crippen LogP contribution in [0, 0.1) is 0 Å². The highest BCUT2D eigenvalue weighted by atomic mass is 16.4. The van der Waals surface area contributed by atoms with E-state index in [0.717, 1.165) is 5.57 Å². The zero-order valence-corrected chi connectivity index (χ0v) is 5.41. The number of ketones is 1. The Labute approximate surface area is 59.8 Å². The third kappa shape index (κ3) is 0.782. The molecular formula is C7H6BO2. The van der Waals surface area contributed by atoms with E-state index in [1.54, 1.807) is 19.8 Å². The molecule has 0 bridgehead atoms. The average molecular weight is 133 g/mol. The van der Waals surface area contributed by atoms with E-state index in [2.05, 4.69) is 0 Å². The molecule has 1 aliphatic carbocycles. The van der Waals surface area contributed by atoms with Crippen LogP contribution in [0.2, 0.25) is 5.82 Å². The van der Waals surface area contributed by atoms with Crippen molar-refractivity contribution in [2.45, 2.75) is 12.2 Å². The Kier molecular flexibility index (Phi) is 1.16. The smallest absolute Gasteiger partial charge is 0.381 e. The second-order valence-electron chi connectivity index (χ2n) is 2.49. The second kappa shape index (κ2) is 2.01. The van der Waals surface area contributed by atoms with E-state index >= 15 is 0 Å². The van der Waals surface area contributed by atoms with Crippen LogP contribution in [-0.2, 0) is 9.45 Å². The van der Waals surface area contributed by atoms with Crippen molar-refractivity contribution in [3.05, 3.63) is 24.0 Å². The first-order valence-electron chi connectivity index (χ1n) is 3.25. The molecule has 0 saturated carbocycles. The van der Waals surface area contributed by atoms with Crippen molar-refractivity contribution in [2.75, 3.05) is 0 Å². The van der Waals surface area contributed by atoms with Gasteiger partial charge in [0.1, 0.15) is 0 Å². The van der Waals surface area contributed by atoms with E-state index in [1.165, 1.54) is 0 Å². The minimum Gasteiger partial charge on any atom is -0.567 e. The molecule has 0 spiro atoms. The van der Waals surface area contributed by atoms with Crippen molar-refractivity contribution in [3.8, 4) is 0 Å². The molecule has 0 aromatic rings. The highest BCUT2D eigenvalue weighted by Crippen LogP contribution is 2.30. The monoisotopic (exact) mass is 133 g/mol. The van der Waals surface area contributed by atoms with Crippen LogP contribution in [0.5, 0.6) is 0 Å². The fourth-order valence-corrected chi connectivity index (χ4v) is 1.18. The normalized spacial score (nSPS) is 28.6. The average Bonchev–Trinajstić information content (AvgIpc) is 2.33. The topological polar surface area (TPSA) is 26.3 Å². The van der Waals surface area contributed by atoms with Crippen molar-refractivity contribution < 1.29 is 9.45 Å². The maximum Gasteiger partial charge on any atom is 0.381 e. The van der Waals surface area contributed by atoms with Crippen molar-refractivity contribution >= 4 is 13.3 Å². The van der Waals surface area contributed by atoms with Crippen LogP contribution in [0.15, 0.2) is 24.0 Å². The molecule has 2 aliphatic rings. The quantitative estimate of drug-likeness (QED) is 0.457. The molecule has 3 heteroatoms. The summed E-state index contributed by atoms with van der Waals surface area (Å²) in [5.74, 6) is 0.430. The molecule has 0 aromatic carbocycles. The van der Waals surface area contributed by atoms with Gasteiger partial charge in [-0.15, -0.1) is 0 Å². The van der Waals surface area contributed by atoms with E-state index in [9.17, 15) is 4.79 Å². The van der Waals surface area contributed by atoms with Gasteiger partial charge in [-0.1, -0.05) is 6.08 Å². The van der Waals surface area contributed by atoms with Crippen LogP contribution in [0.3, 0.4) is 0 Å². The maximum atomic E-state index is 10.8. The van der Waals surface area contributed by atoms with Crippen LogP contribution in [-0.4, -0.2) is 13.3 Å². The Morgan fingerprint density at radius 3 is 3.50 bits per heavy atom. The molecule has 0 fully saturated rings. The van der Waals surface area contributed by atoms with Gasteiger partial charge in [0.15, 0.2) is 5.78 Å². The molecular weight excluding hydrogens is 127 g/mol. The Bertz CT molecular complexity index is 230. The molecule has 0 saturated heterocycles. The summed E-state index contributed by atoms with van der Waals surface area (Å²) < 4.78 is 4.95. The van der Waals surface area contributed by atoms with Gasteiger partial charge in [0.05, 0.1) is 6.26 Å². The highest BCUT2D eigenvalue weighted by Gasteiger charge is 2.25. The van der Waals surface area contributed by atoms with Gasteiger partial charge >= 0.3 is 7.48 Å². The lowest BCUT2D eigenvalue weighted by atomic mass is 9.73. The first-order chi connectivity index (χ1) is 4.86. The Balaban J connectivity index is 2.29. The van der Waals surface area contributed by atoms with Crippen molar-refractivity contribution in [3.63, 3.8) is 0 Å². The van der Waals surface area contributed by atoms with Gasteiger partial charge in [-0.25, -0.2) is 0 Å². The van der Waals surface area contributed by atoms with Gasteiger partial charge in [-0.3, -0.25) is 4.79 Å². The third-order valence-electron chi connectivity index (χ3n) is 1.74. The number of hydrogen-bond acceptors (Lipinski definition) is 2. The zero-order chi connectivity index (χ0) is 6.97. The highest BCUT2D eigenvalue weighted by molar-refractivity contribution is 6.34. The van der Waals surface area contributed by atoms with Crippen LogP contribution < -0.4 is 0 Å². The molecule has 1 atom stereocenters. The molecule has 1 unspecified atom stereocenters. The molecule has 1 heterocycles. The van der Waals surface area contributed by atoms with Crippen molar-refractivity contribution in [1.29, 1.82) is 0 Å². The molecule has 1 aliphatic heterocycles. The van der Waals surface area contributed by atoms with Gasteiger partial charge in [0.25, 0.3) is 0 Å². The van der Waals surface area contributed by atoms with Crippen LogP contribution in [0.25, 0.3) is 0 Å². The van der Waals surface area contributed by atoms with E-state index in [0.29, 0.717) is 6.42 Å². The summed E-state index contributed by atoms with van der Waals surface area (Å²) in [6.07, 6.45) is 5.67. The predicted octanol–water partition coefficient (Wildman–Crippen LogP) is 0.837. The van der Waals surface area contributed by atoms with E-state index in [1.807, 2.05) is 6.08 Å². The van der Waals surface area contributed by atoms with E-state index < -0.39 is 0 Å². The van der Waals surface area contributed by atoms with E-state index in [-0.39, 0.29) is 11.6 Å². The fraction of sp³-hybridized carbons (Fsp3) is 0.286. The molecule has 1 radical (unpaired) electrons. The lowest BCUT2D eigenvalue weighted by molar-refractivity contribution is -0.114. The molecule has 0 amide bonds. The summed E-state index contributed by atoms with van der Waals surface area (Å²) in [7, 11) is 1.73. The summed E-state index contributed by atoms with van der Waals surface area (Å²) in [4.78, 5) is 10.8. The van der Waals surface area contributed by atoms with Gasteiger partial charge < -0.3 is 4.65 Å². The summed E-state index contributed by atoms with van der Waals surface area (Å²) in [6, 6.07) is 0. The number of rotatable bonds is 0. The minimum absolute atomic E-state index is 0.168. The maximum absolute atomic E-state index is 10.8. The predicted molar refractivity (Wildman–Crippen MR) is 37.4 cm³/mol. The Morgan fingerprint density at radius 2 is 2.60 bits per heavy atom. The summed E-state index contributed by atoms with van der Waals surface area (Å²) in [6.45, 7) is 0. The molecule has 2 nitrogen and oxygen atoms in total. The number of fused-ring (bicyclic) bond motifs is 1. The van der Waals surface area contributed by atoms with Crippen LogP contribution in [0.4, 0.5) is 0 Å². The summed E-state index contributed by atoms with van der Waals surface area (Å²) in [5.41, 5.74) is 1.08. The lowest BCUT2D eigenvalue weighted by Gasteiger charge is -2.08. The first kappa shape index (κ1) is 5.77. The van der Waals surface area contributed by atoms with E-state index in [4.69, 9.17) is 4.65 Å². The van der Waals surface area contributed by atoms with Gasteiger partial charge in [-0.05, 0) is 11.6 Å². The number of hydrogen-bond donors (Lipinski definition) is 0. The van der Waals surface area contributed by atoms with Crippen molar-refractivity contribution in [1.82, 2.24) is 0 Å². The Hall–Kier alpha value is -0.985. The third-order valence-corrected chi connectivity index (χ3v) is 1.74. The van der Waals surface area contributed by atoms with Gasteiger partial charge in [0.2, 0.25) is 0 Å². The summed E-state index contributed by atoms with van der Waals surface area (Å²) in [5, 5.41) is 0. The molecule has 0 N–H and O–H groups in total. The molecule has 2 rings (SSSR count). The molecule has 10 heavy (non-hydrogen) atoms. The van der Waals surface area contributed by atoms with Crippen LogP contribution >= 0.6 is 0 Å².